The van der Waals surface area contributed by atoms with Crippen LogP contribution in [0.2, 0.25) is 0 Å². The van der Waals surface area contributed by atoms with Gasteiger partial charge in [0, 0.05) is 6.92 Å². The molecule has 23 heavy (non-hydrogen) atoms. The van der Waals surface area contributed by atoms with Crippen LogP contribution in [0.5, 0.6) is 0 Å². The molecule has 6 heteroatoms. The van der Waals surface area contributed by atoms with E-state index in [4.69, 9.17) is 14.9 Å². The summed E-state index contributed by atoms with van der Waals surface area (Å²) in [6, 6.07) is 15.0. The zero-order valence-electron chi connectivity index (χ0n) is 12.7. The summed E-state index contributed by atoms with van der Waals surface area (Å²) in [5.41, 5.74) is -2.88. The van der Waals surface area contributed by atoms with Crippen LogP contribution in [0, 0.1) is 50.2 Å². The predicted molar refractivity (Wildman–Crippen MR) is 78.7 cm³/mol. The van der Waals surface area contributed by atoms with E-state index in [-0.39, 0.29) is 5.90 Å². The second-order valence-electron chi connectivity index (χ2n) is 6.00. The molecule has 2 bridgehead atoms. The quantitative estimate of drug-likeness (QED) is 0.856. The van der Waals surface area contributed by atoms with Crippen LogP contribution < -0.4 is 0 Å². The fraction of sp³-hybridized carbons (Fsp3) is 0.412. The number of rotatable bonds is 1. The maximum Gasteiger partial charge on any atom is 0.219 e. The van der Waals surface area contributed by atoms with Gasteiger partial charge in [-0.1, -0.05) is 30.3 Å². The summed E-state index contributed by atoms with van der Waals surface area (Å²) in [5.74, 6) is -2.55. The minimum Gasteiger partial charge on any atom is -0.447 e. The molecule has 1 aromatic carbocycles. The fourth-order valence-corrected chi connectivity index (χ4v) is 3.94. The van der Waals surface area contributed by atoms with Gasteiger partial charge in [0.2, 0.25) is 11.7 Å². The van der Waals surface area contributed by atoms with Crippen LogP contribution >= 0.6 is 0 Å². The SMILES string of the molecule is C[C@@H]1O[C@@]2(C)OC(=N)[C@@]1(C#N)C(C#N)(C#N)[C@@H]2c1ccccc1. The summed E-state index contributed by atoms with van der Waals surface area (Å²) in [7, 11) is 0. The van der Waals surface area contributed by atoms with E-state index >= 15 is 0 Å². The van der Waals surface area contributed by atoms with Gasteiger partial charge in [0.05, 0.1) is 30.2 Å². The van der Waals surface area contributed by atoms with Crippen LogP contribution in [0.1, 0.15) is 25.3 Å². The second-order valence-corrected chi connectivity index (χ2v) is 6.00. The lowest BCUT2D eigenvalue weighted by atomic mass is 9.50. The Morgan fingerprint density at radius 3 is 2.17 bits per heavy atom. The average molecular weight is 306 g/mol. The number of nitrogens with one attached hydrogen (secondary N) is 1. The predicted octanol–water partition coefficient (Wildman–Crippen LogP) is 2.46. The van der Waals surface area contributed by atoms with Gasteiger partial charge in [0.15, 0.2) is 10.8 Å². The van der Waals surface area contributed by atoms with Crippen LogP contribution in [-0.2, 0) is 9.47 Å². The highest BCUT2D eigenvalue weighted by molar-refractivity contribution is 5.89. The first kappa shape index (κ1) is 15.0. The first-order valence-corrected chi connectivity index (χ1v) is 7.16. The molecule has 0 saturated carbocycles. The van der Waals surface area contributed by atoms with Gasteiger partial charge < -0.3 is 9.47 Å². The number of nitriles is 3. The fourth-order valence-electron chi connectivity index (χ4n) is 3.94. The van der Waals surface area contributed by atoms with Crippen molar-refractivity contribution in [2.45, 2.75) is 31.7 Å². The number of hydrogen-bond acceptors (Lipinski definition) is 6. The van der Waals surface area contributed by atoms with Crippen molar-refractivity contribution >= 4 is 5.90 Å². The molecule has 0 radical (unpaired) electrons. The summed E-state index contributed by atoms with van der Waals surface area (Å²) >= 11 is 0. The summed E-state index contributed by atoms with van der Waals surface area (Å²) in [6.07, 6.45) is -0.807. The summed E-state index contributed by atoms with van der Waals surface area (Å²) < 4.78 is 11.5. The monoisotopic (exact) mass is 306 g/mol. The van der Waals surface area contributed by atoms with Crippen molar-refractivity contribution in [2.24, 2.45) is 10.8 Å². The van der Waals surface area contributed by atoms with Gasteiger partial charge in [-0.25, -0.2) is 0 Å². The molecule has 1 N–H and O–H groups in total. The number of benzene rings is 1. The van der Waals surface area contributed by atoms with Crippen molar-refractivity contribution in [1.29, 1.82) is 21.2 Å². The van der Waals surface area contributed by atoms with Crippen molar-refractivity contribution < 1.29 is 9.47 Å². The summed E-state index contributed by atoms with van der Waals surface area (Å²) in [6.45, 7) is 3.21. The van der Waals surface area contributed by atoms with E-state index in [2.05, 4.69) is 0 Å². The number of hydrogen-bond donors (Lipinski definition) is 1. The lowest BCUT2D eigenvalue weighted by Crippen LogP contribution is -2.73. The van der Waals surface area contributed by atoms with Gasteiger partial charge in [0.25, 0.3) is 0 Å². The van der Waals surface area contributed by atoms with E-state index in [9.17, 15) is 15.8 Å². The van der Waals surface area contributed by atoms with Crippen molar-refractivity contribution in [3.05, 3.63) is 35.9 Å². The molecule has 0 amide bonds. The maximum atomic E-state index is 9.91. The van der Waals surface area contributed by atoms with Crippen molar-refractivity contribution in [3.63, 3.8) is 0 Å². The standard InChI is InChI=1S/C17H14N4O2/c1-11-17(10-20)14(21)23-15(2,22-11)13(16(17,8-18)9-19)12-6-4-3-5-7-12/h3-7,11,13,21H,1-2H3/t11-,13+,15-,17-/m0/s1. The topological polar surface area (TPSA) is 114 Å². The molecule has 1 aromatic rings. The van der Waals surface area contributed by atoms with Crippen LogP contribution in [0.25, 0.3) is 0 Å². The Hall–Kier alpha value is -2.88. The Morgan fingerprint density at radius 2 is 1.70 bits per heavy atom. The lowest BCUT2D eigenvalue weighted by Gasteiger charge is -2.60. The largest absolute Gasteiger partial charge is 0.447 e. The zero-order valence-corrected chi connectivity index (χ0v) is 12.7. The highest BCUT2D eigenvalue weighted by atomic mass is 16.7. The van der Waals surface area contributed by atoms with Crippen LogP contribution in [0.3, 0.4) is 0 Å². The Kier molecular flexibility index (Phi) is 2.98. The van der Waals surface area contributed by atoms with Gasteiger partial charge in [-0.05, 0) is 12.5 Å². The number of fused-ring (bicyclic) bond motifs is 3. The summed E-state index contributed by atoms with van der Waals surface area (Å²) in [4.78, 5) is 0. The molecule has 3 aliphatic heterocycles. The Bertz CT molecular complexity index is 787. The average Bonchev–Trinajstić information content (AvgIpc) is 2.54. The molecule has 3 fully saturated rings. The maximum absolute atomic E-state index is 9.91. The van der Waals surface area contributed by atoms with Gasteiger partial charge in [-0.2, -0.15) is 15.8 Å². The molecular formula is C17H14N4O2. The van der Waals surface area contributed by atoms with Gasteiger partial charge in [-0.15, -0.1) is 0 Å². The third kappa shape index (κ3) is 1.50. The Morgan fingerprint density at radius 1 is 1.09 bits per heavy atom. The van der Waals surface area contributed by atoms with Crippen LogP contribution in [-0.4, -0.2) is 17.8 Å². The van der Waals surface area contributed by atoms with E-state index < -0.39 is 28.6 Å². The van der Waals surface area contributed by atoms with E-state index in [1.54, 1.807) is 38.1 Å². The third-order valence-electron chi connectivity index (χ3n) is 4.92. The first-order chi connectivity index (χ1) is 10.9. The molecule has 3 heterocycles. The number of ether oxygens (including phenoxy) is 2. The van der Waals surface area contributed by atoms with E-state index in [0.717, 1.165) is 0 Å². The Labute approximate surface area is 134 Å². The first-order valence-electron chi connectivity index (χ1n) is 7.16. The molecule has 0 unspecified atom stereocenters. The third-order valence-corrected chi connectivity index (χ3v) is 4.92. The van der Waals surface area contributed by atoms with Gasteiger partial charge >= 0.3 is 0 Å². The second kappa shape index (κ2) is 4.56. The molecule has 3 aliphatic rings. The molecular weight excluding hydrogens is 292 g/mol. The molecule has 0 aliphatic carbocycles. The smallest absolute Gasteiger partial charge is 0.219 e. The van der Waals surface area contributed by atoms with Gasteiger partial charge in [0.1, 0.15) is 0 Å². The molecule has 114 valence electrons. The molecule has 0 spiro atoms. The lowest BCUT2D eigenvalue weighted by molar-refractivity contribution is -0.315. The van der Waals surface area contributed by atoms with Gasteiger partial charge in [-0.3, -0.25) is 5.41 Å². The highest BCUT2D eigenvalue weighted by Gasteiger charge is 2.78. The van der Waals surface area contributed by atoms with Crippen molar-refractivity contribution in [2.75, 3.05) is 0 Å². The van der Waals surface area contributed by atoms with E-state index in [1.165, 1.54) is 0 Å². The van der Waals surface area contributed by atoms with E-state index in [0.29, 0.717) is 5.56 Å². The molecule has 4 rings (SSSR count). The molecule has 0 aromatic heterocycles. The highest BCUT2D eigenvalue weighted by Crippen LogP contribution is 2.65. The van der Waals surface area contributed by atoms with Crippen LogP contribution in [0.15, 0.2) is 30.3 Å². The van der Waals surface area contributed by atoms with Crippen molar-refractivity contribution in [1.82, 2.24) is 0 Å². The normalized spacial score (nSPS) is 37.1. The van der Waals surface area contributed by atoms with E-state index in [1.807, 2.05) is 24.3 Å². The van der Waals surface area contributed by atoms with Crippen LogP contribution in [0.4, 0.5) is 0 Å². The zero-order chi connectivity index (χ0) is 16.9. The van der Waals surface area contributed by atoms with Crippen molar-refractivity contribution in [3.8, 4) is 18.2 Å². The minimum atomic E-state index is -1.77. The molecule has 3 saturated heterocycles. The summed E-state index contributed by atoms with van der Waals surface area (Å²) in [5, 5.41) is 37.8. The minimum absolute atomic E-state index is 0.378. The molecule has 6 nitrogen and oxygen atoms in total. The number of nitrogens with zero attached hydrogens (tertiary/aromatic N) is 3. The Balaban J connectivity index is 2.38. The molecule has 4 atom stereocenters.